The van der Waals surface area contributed by atoms with Crippen LogP contribution in [-0.4, -0.2) is 39.4 Å². The summed E-state index contributed by atoms with van der Waals surface area (Å²) in [5.41, 5.74) is 3.55. The van der Waals surface area contributed by atoms with Crippen LogP contribution >= 0.6 is 11.3 Å². The van der Waals surface area contributed by atoms with E-state index in [2.05, 4.69) is 20.3 Å². The van der Waals surface area contributed by atoms with Gasteiger partial charge in [0.05, 0.1) is 12.1 Å². The Labute approximate surface area is 197 Å². The van der Waals surface area contributed by atoms with Crippen LogP contribution in [0.3, 0.4) is 0 Å². The number of rotatable bonds is 7. The van der Waals surface area contributed by atoms with E-state index in [1.807, 2.05) is 42.3 Å². The standard InChI is InChI=1S/C24H27N5O3S/c1-16-7-8-17(2)19(12-16)28-21(30)13-22-27-18(15-33-22)14-32-23(31)20-6-3-4-11-29(20)24-25-9-5-10-26-24/h5,7-10,12,15,20H,3-4,6,11,13-14H2,1-2H3,(H,28,30). The molecule has 1 amide bonds. The topological polar surface area (TPSA) is 97.3 Å². The van der Waals surface area contributed by atoms with Crippen LogP contribution in [0, 0.1) is 13.8 Å². The number of aromatic nitrogens is 3. The average Bonchev–Trinajstić information content (AvgIpc) is 3.27. The van der Waals surface area contributed by atoms with Gasteiger partial charge in [-0.15, -0.1) is 11.3 Å². The van der Waals surface area contributed by atoms with Crippen LogP contribution in [0.1, 0.15) is 41.1 Å². The molecule has 9 heteroatoms. The number of nitrogens with zero attached hydrogens (tertiary/aromatic N) is 4. The number of anilines is 2. The van der Waals surface area contributed by atoms with Gasteiger partial charge in [-0.25, -0.2) is 19.7 Å². The minimum Gasteiger partial charge on any atom is -0.458 e. The second-order valence-corrected chi connectivity index (χ2v) is 9.08. The van der Waals surface area contributed by atoms with E-state index in [1.165, 1.54) is 11.3 Å². The monoisotopic (exact) mass is 465 g/mol. The van der Waals surface area contributed by atoms with E-state index in [0.29, 0.717) is 23.1 Å². The zero-order valence-electron chi connectivity index (χ0n) is 18.8. The first-order chi connectivity index (χ1) is 16.0. The first-order valence-electron chi connectivity index (χ1n) is 11.0. The van der Waals surface area contributed by atoms with Gasteiger partial charge in [-0.2, -0.15) is 0 Å². The highest BCUT2D eigenvalue weighted by Gasteiger charge is 2.31. The summed E-state index contributed by atoms with van der Waals surface area (Å²) in [5.74, 6) is 0.122. The number of benzene rings is 1. The second kappa shape index (κ2) is 10.5. The fraction of sp³-hybridized carbons (Fsp3) is 0.375. The molecule has 1 N–H and O–H groups in total. The SMILES string of the molecule is Cc1ccc(C)c(NC(=O)Cc2nc(COC(=O)C3CCCCN3c3ncccn3)cs2)c1. The zero-order chi connectivity index (χ0) is 23.2. The van der Waals surface area contributed by atoms with E-state index in [1.54, 1.807) is 18.5 Å². The summed E-state index contributed by atoms with van der Waals surface area (Å²) in [6.45, 7) is 4.75. The Morgan fingerprint density at radius 3 is 2.85 bits per heavy atom. The van der Waals surface area contributed by atoms with Crippen LogP contribution in [0.5, 0.6) is 0 Å². The van der Waals surface area contributed by atoms with Crippen LogP contribution in [0.25, 0.3) is 0 Å². The number of piperidine rings is 1. The van der Waals surface area contributed by atoms with Crippen LogP contribution in [0.4, 0.5) is 11.6 Å². The lowest BCUT2D eigenvalue weighted by molar-refractivity contribution is -0.147. The van der Waals surface area contributed by atoms with Gasteiger partial charge in [0.1, 0.15) is 17.7 Å². The Bertz CT molecular complexity index is 1120. The van der Waals surface area contributed by atoms with Crippen molar-refractivity contribution in [2.24, 2.45) is 0 Å². The Morgan fingerprint density at radius 2 is 2.03 bits per heavy atom. The van der Waals surface area contributed by atoms with Crippen LogP contribution in [-0.2, 0) is 27.4 Å². The van der Waals surface area contributed by atoms with E-state index < -0.39 is 6.04 Å². The molecule has 0 saturated carbocycles. The van der Waals surface area contributed by atoms with Crippen molar-refractivity contribution in [3.05, 3.63) is 63.9 Å². The quantitative estimate of drug-likeness (QED) is 0.530. The van der Waals surface area contributed by atoms with E-state index in [0.717, 1.165) is 36.2 Å². The van der Waals surface area contributed by atoms with Crippen LogP contribution < -0.4 is 10.2 Å². The third kappa shape index (κ3) is 5.92. The van der Waals surface area contributed by atoms with E-state index >= 15 is 0 Å². The molecule has 4 rings (SSSR count). The highest BCUT2D eigenvalue weighted by atomic mass is 32.1. The van der Waals surface area contributed by atoms with Gasteiger partial charge in [0.2, 0.25) is 11.9 Å². The van der Waals surface area contributed by atoms with Crippen molar-refractivity contribution in [3.8, 4) is 0 Å². The van der Waals surface area contributed by atoms with Crippen molar-refractivity contribution in [3.63, 3.8) is 0 Å². The van der Waals surface area contributed by atoms with Crippen molar-refractivity contribution in [2.75, 3.05) is 16.8 Å². The molecule has 0 spiro atoms. The summed E-state index contributed by atoms with van der Waals surface area (Å²) in [6.07, 6.45) is 6.17. The number of ether oxygens (including phenoxy) is 1. The Hall–Kier alpha value is -3.33. The van der Waals surface area contributed by atoms with Gasteiger partial charge in [-0.1, -0.05) is 12.1 Å². The molecule has 3 aromatic rings. The average molecular weight is 466 g/mol. The highest BCUT2D eigenvalue weighted by Crippen LogP contribution is 2.23. The molecule has 8 nitrogen and oxygen atoms in total. The number of esters is 1. The highest BCUT2D eigenvalue weighted by molar-refractivity contribution is 7.09. The third-order valence-corrected chi connectivity index (χ3v) is 6.42. The lowest BCUT2D eigenvalue weighted by atomic mass is 10.0. The predicted octanol–water partition coefficient (Wildman–Crippen LogP) is 3.83. The van der Waals surface area contributed by atoms with Gasteiger partial charge in [-0.05, 0) is 56.4 Å². The number of nitrogens with one attached hydrogen (secondary N) is 1. The molecule has 2 aromatic heterocycles. The van der Waals surface area contributed by atoms with Gasteiger partial charge < -0.3 is 15.0 Å². The number of carbonyl (C=O) groups excluding carboxylic acids is 2. The molecule has 1 saturated heterocycles. The lowest BCUT2D eigenvalue weighted by Gasteiger charge is -2.33. The molecule has 1 aromatic carbocycles. The van der Waals surface area contributed by atoms with Gasteiger partial charge in [0.15, 0.2) is 0 Å². The summed E-state index contributed by atoms with van der Waals surface area (Å²) in [4.78, 5) is 40.2. The van der Waals surface area contributed by atoms with Crippen molar-refractivity contribution >= 4 is 34.8 Å². The largest absolute Gasteiger partial charge is 0.458 e. The summed E-state index contributed by atoms with van der Waals surface area (Å²) >= 11 is 1.39. The molecule has 0 bridgehead atoms. The van der Waals surface area contributed by atoms with Gasteiger partial charge in [-0.3, -0.25) is 4.79 Å². The van der Waals surface area contributed by atoms with Crippen LogP contribution in [0.2, 0.25) is 0 Å². The first kappa shape index (κ1) is 22.8. The first-order valence-corrected chi connectivity index (χ1v) is 11.9. The van der Waals surface area contributed by atoms with Gasteiger partial charge >= 0.3 is 5.97 Å². The normalized spacial score (nSPS) is 15.8. The van der Waals surface area contributed by atoms with E-state index in [9.17, 15) is 9.59 Å². The zero-order valence-corrected chi connectivity index (χ0v) is 19.6. The molecule has 172 valence electrons. The molecule has 1 atom stereocenters. The second-order valence-electron chi connectivity index (χ2n) is 8.14. The molecule has 33 heavy (non-hydrogen) atoms. The van der Waals surface area contributed by atoms with Crippen molar-refractivity contribution in [1.82, 2.24) is 15.0 Å². The molecule has 1 unspecified atom stereocenters. The van der Waals surface area contributed by atoms with E-state index in [4.69, 9.17) is 4.74 Å². The van der Waals surface area contributed by atoms with Gasteiger partial charge in [0, 0.05) is 30.0 Å². The molecular weight excluding hydrogens is 438 g/mol. The van der Waals surface area contributed by atoms with Crippen molar-refractivity contribution in [1.29, 1.82) is 0 Å². The van der Waals surface area contributed by atoms with Crippen LogP contribution in [0.15, 0.2) is 42.0 Å². The Kier molecular flexibility index (Phi) is 7.29. The molecule has 3 heterocycles. The summed E-state index contributed by atoms with van der Waals surface area (Å²) < 4.78 is 5.57. The number of hydrogen-bond acceptors (Lipinski definition) is 8. The third-order valence-electron chi connectivity index (χ3n) is 5.52. The minimum atomic E-state index is -0.400. The smallest absolute Gasteiger partial charge is 0.329 e. The number of hydrogen-bond donors (Lipinski definition) is 1. The summed E-state index contributed by atoms with van der Waals surface area (Å²) in [7, 11) is 0. The molecular formula is C24H27N5O3S. The van der Waals surface area contributed by atoms with E-state index in [-0.39, 0.29) is 24.9 Å². The molecule has 0 radical (unpaired) electrons. The molecule has 1 fully saturated rings. The maximum atomic E-state index is 12.8. The van der Waals surface area contributed by atoms with Gasteiger partial charge in [0.25, 0.3) is 0 Å². The van der Waals surface area contributed by atoms with Crippen molar-refractivity contribution < 1.29 is 14.3 Å². The fourth-order valence-corrected chi connectivity index (χ4v) is 4.57. The lowest BCUT2D eigenvalue weighted by Crippen LogP contribution is -2.46. The molecule has 0 aliphatic carbocycles. The number of carbonyl (C=O) groups is 2. The number of aryl methyl sites for hydroxylation is 2. The minimum absolute atomic E-state index is 0.0773. The summed E-state index contributed by atoms with van der Waals surface area (Å²) in [5, 5.41) is 5.45. The molecule has 1 aliphatic heterocycles. The number of amides is 1. The van der Waals surface area contributed by atoms with Crippen molar-refractivity contribution in [2.45, 2.75) is 52.2 Å². The Morgan fingerprint density at radius 1 is 1.21 bits per heavy atom. The number of thiazole rings is 1. The summed E-state index contributed by atoms with van der Waals surface area (Å²) in [6, 6.07) is 7.30. The molecule has 1 aliphatic rings. The maximum Gasteiger partial charge on any atom is 0.329 e. The maximum absolute atomic E-state index is 12.8. The predicted molar refractivity (Wildman–Crippen MR) is 127 cm³/mol. The Balaban J connectivity index is 1.31. The fourth-order valence-electron chi connectivity index (χ4n) is 3.80.